The second kappa shape index (κ2) is 11.8. The highest BCUT2D eigenvalue weighted by Crippen LogP contribution is 2.31. The van der Waals surface area contributed by atoms with Crippen LogP contribution in [0.15, 0.2) is 53.7 Å². The molecule has 0 bridgehead atoms. The van der Waals surface area contributed by atoms with Gasteiger partial charge in [0.2, 0.25) is 0 Å². The van der Waals surface area contributed by atoms with E-state index in [-0.39, 0.29) is 0 Å². The van der Waals surface area contributed by atoms with E-state index in [0.717, 1.165) is 41.2 Å². The molecule has 2 aromatic heterocycles. The first-order valence-corrected chi connectivity index (χ1v) is 11.6. The molecular formula is C25H28N6O2S. The normalized spacial score (nSPS) is 14.0. The largest absolute Gasteiger partial charge is 0.378 e. The van der Waals surface area contributed by atoms with Crippen LogP contribution >= 0.6 is 12.6 Å². The Morgan fingerprint density at radius 2 is 1.94 bits per heavy atom. The average Bonchev–Trinajstić information content (AvgIpc) is 2.90. The molecule has 3 heterocycles. The molecule has 0 amide bonds. The number of hydrogen-bond donors (Lipinski definition) is 3. The first-order chi connectivity index (χ1) is 16.7. The third-order valence-corrected chi connectivity index (χ3v) is 5.94. The highest BCUT2D eigenvalue weighted by Gasteiger charge is 2.20. The molecule has 3 N–H and O–H groups in total. The predicted octanol–water partition coefficient (Wildman–Crippen LogP) is 3.35. The number of morpholine rings is 1. The number of benzene rings is 1. The molecule has 0 aliphatic carbocycles. The molecule has 0 radical (unpaired) electrons. The Balaban J connectivity index is 1.64. The van der Waals surface area contributed by atoms with E-state index in [1.807, 2.05) is 42.5 Å². The highest BCUT2D eigenvalue weighted by molar-refractivity contribution is 7.80. The van der Waals surface area contributed by atoms with Crippen LogP contribution < -0.4 is 10.6 Å². The summed E-state index contributed by atoms with van der Waals surface area (Å²) in [5, 5.41) is 7.94. The van der Waals surface area contributed by atoms with Crippen LogP contribution in [0.5, 0.6) is 0 Å². The maximum atomic E-state index is 7.94. The van der Waals surface area contributed by atoms with Crippen LogP contribution in [0.4, 0.5) is 5.82 Å². The number of anilines is 1. The van der Waals surface area contributed by atoms with Gasteiger partial charge >= 0.3 is 0 Å². The molecule has 1 aromatic carbocycles. The second-order valence-corrected chi connectivity index (χ2v) is 8.15. The first-order valence-electron chi connectivity index (χ1n) is 11.1. The molecule has 0 saturated carbocycles. The van der Waals surface area contributed by atoms with E-state index in [1.165, 1.54) is 6.21 Å². The van der Waals surface area contributed by atoms with Crippen molar-refractivity contribution in [1.29, 1.82) is 5.41 Å². The first kappa shape index (κ1) is 24.0. The molecule has 9 heteroatoms. The van der Waals surface area contributed by atoms with Crippen LogP contribution in [-0.2, 0) is 22.6 Å². The van der Waals surface area contributed by atoms with Crippen LogP contribution in [0.2, 0.25) is 0 Å². The summed E-state index contributed by atoms with van der Waals surface area (Å²) in [6, 6.07) is 9.61. The molecule has 1 saturated heterocycles. The highest BCUT2D eigenvalue weighted by atomic mass is 32.1. The monoisotopic (exact) mass is 476 g/mol. The van der Waals surface area contributed by atoms with Gasteiger partial charge in [-0.25, -0.2) is 9.97 Å². The summed E-state index contributed by atoms with van der Waals surface area (Å²) in [7, 11) is 0. The lowest BCUT2D eigenvalue weighted by molar-refractivity contribution is 0.122. The average molecular weight is 477 g/mol. The summed E-state index contributed by atoms with van der Waals surface area (Å²) in [5.41, 5.74) is 10.0. The van der Waals surface area contributed by atoms with E-state index < -0.39 is 0 Å². The van der Waals surface area contributed by atoms with Crippen LogP contribution in [0, 0.1) is 5.41 Å². The molecule has 34 heavy (non-hydrogen) atoms. The van der Waals surface area contributed by atoms with Crippen molar-refractivity contribution in [2.24, 2.45) is 5.73 Å². The number of nitrogens with zero attached hydrogens (tertiary/aromatic N) is 4. The third-order valence-electron chi connectivity index (χ3n) is 5.51. The predicted molar refractivity (Wildman–Crippen MR) is 136 cm³/mol. The standard InChI is InChI=1S/C25H28N6O2S/c26-15-19-3-1-4-20(21(19)16-27)24-29-22(5-2-12-33-17-18-6-8-28-9-7-18)23(34)25(30-24)31-10-13-32-14-11-31/h1-9,16,27,34H,10-15,17,26H2/b5-2+,27-16?. The number of nitrogens with one attached hydrogen (secondary N) is 1. The van der Waals surface area contributed by atoms with Crippen molar-refractivity contribution in [2.75, 3.05) is 37.8 Å². The van der Waals surface area contributed by atoms with E-state index >= 15 is 0 Å². The Hall–Kier alpha value is -3.11. The number of thiol groups is 1. The van der Waals surface area contributed by atoms with E-state index in [9.17, 15) is 0 Å². The lowest BCUT2D eigenvalue weighted by Gasteiger charge is -2.29. The summed E-state index contributed by atoms with van der Waals surface area (Å²) in [4.78, 5) is 16.5. The van der Waals surface area contributed by atoms with Crippen LogP contribution in [0.3, 0.4) is 0 Å². The Labute approximate surface area is 204 Å². The van der Waals surface area contributed by atoms with Crippen LogP contribution in [0.25, 0.3) is 17.5 Å². The molecule has 4 rings (SSSR count). The minimum atomic E-state index is 0.334. The molecule has 8 nitrogen and oxygen atoms in total. The van der Waals surface area contributed by atoms with Gasteiger partial charge in [0.15, 0.2) is 5.82 Å². The van der Waals surface area contributed by atoms with Gasteiger partial charge in [0, 0.05) is 49.4 Å². The van der Waals surface area contributed by atoms with Gasteiger partial charge < -0.3 is 25.5 Å². The zero-order valence-corrected chi connectivity index (χ0v) is 19.7. The number of ether oxygens (including phenoxy) is 2. The fourth-order valence-corrected chi connectivity index (χ4v) is 4.05. The van der Waals surface area contributed by atoms with Crippen molar-refractivity contribution >= 4 is 30.7 Å². The lowest BCUT2D eigenvalue weighted by Crippen LogP contribution is -2.37. The lowest BCUT2D eigenvalue weighted by atomic mass is 10.0. The van der Waals surface area contributed by atoms with Gasteiger partial charge in [0.25, 0.3) is 0 Å². The van der Waals surface area contributed by atoms with Gasteiger partial charge in [-0.1, -0.05) is 24.3 Å². The maximum absolute atomic E-state index is 7.94. The second-order valence-electron chi connectivity index (χ2n) is 7.70. The zero-order valence-electron chi connectivity index (χ0n) is 18.9. The van der Waals surface area contributed by atoms with Crippen molar-refractivity contribution in [3.05, 3.63) is 71.2 Å². The van der Waals surface area contributed by atoms with Gasteiger partial charge in [-0.3, -0.25) is 4.98 Å². The summed E-state index contributed by atoms with van der Waals surface area (Å²) < 4.78 is 11.3. The van der Waals surface area contributed by atoms with Gasteiger partial charge in [-0.2, -0.15) is 0 Å². The van der Waals surface area contributed by atoms with Crippen molar-refractivity contribution in [3.63, 3.8) is 0 Å². The number of aromatic nitrogens is 3. The van der Waals surface area contributed by atoms with Crippen molar-refractivity contribution in [1.82, 2.24) is 15.0 Å². The number of nitrogens with two attached hydrogens (primary N) is 1. The molecule has 1 fully saturated rings. The van der Waals surface area contributed by atoms with Gasteiger partial charge in [-0.15, -0.1) is 12.6 Å². The van der Waals surface area contributed by atoms with Crippen molar-refractivity contribution in [2.45, 2.75) is 18.0 Å². The maximum Gasteiger partial charge on any atom is 0.162 e. The molecule has 0 atom stereocenters. The molecule has 0 unspecified atom stereocenters. The summed E-state index contributed by atoms with van der Waals surface area (Å²) >= 11 is 4.78. The molecule has 176 valence electrons. The summed E-state index contributed by atoms with van der Waals surface area (Å²) in [6.45, 7) is 3.98. The van der Waals surface area contributed by atoms with Crippen molar-refractivity contribution < 1.29 is 9.47 Å². The molecule has 3 aromatic rings. The molecule has 1 aliphatic heterocycles. The number of hydrogen-bond acceptors (Lipinski definition) is 9. The van der Waals surface area contributed by atoms with Crippen LogP contribution in [0.1, 0.15) is 22.4 Å². The quantitative estimate of drug-likeness (QED) is 0.247. The molecular weight excluding hydrogens is 448 g/mol. The van der Waals surface area contributed by atoms with E-state index in [0.29, 0.717) is 49.4 Å². The Morgan fingerprint density at radius 3 is 2.68 bits per heavy atom. The number of rotatable bonds is 9. The minimum absolute atomic E-state index is 0.334. The van der Waals surface area contributed by atoms with Crippen LogP contribution in [-0.4, -0.2) is 54.1 Å². The minimum Gasteiger partial charge on any atom is -0.378 e. The van der Waals surface area contributed by atoms with E-state index in [1.54, 1.807) is 12.4 Å². The molecule has 1 aliphatic rings. The third kappa shape index (κ3) is 5.68. The Kier molecular flexibility index (Phi) is 8.37. The van der Waals surface area contributed by atoms with E-state index in [2.05, 4.69) is 9.88 Å². The zero-order chi connectivity index (χ0) is 23.8. The summed E-state index contributed by atoms with van der Waals surface area (Å²) in [6.07, 6.45) is 8.64. The smallest absolute Gasteiger partial charge is 0.162 e. The van der Waals surface area contributed by atoms with E-state index in [4.69, 9.17) is 43.2 Å². The Bertz CT molecular complexity index is 1150. The topological polar surface area (TPSA) is 110 Å². The SMILES string of the molecule is N=Cc1c(CN)cccc1-c1nc(/C=C/COCc2ccncc2)c(S)c(N2CCOCC2)n1. The number of pyridine rings is 1. The van der Waals surface area contributed by atoms with Gasteiger partial charge in [-0.05, 0) is 29.3 Å². The fourth-order valence-electron chi connectivity index (χ4n) is 3.73. The Morgan fingerprint density at radius 1 is 1.15 bits per heavy atom. The van der Waals surface area contributed by atoms with Crippen molar-refractivity contribution in [3.8, 4) is 11.4 Å². The fraction of sp³-hybridized carbons (Fsp3) is 0.280. The van der Waals surface area contributed by atoms with Gasteiger partial charge in [0.1, 0.15) is 5.82 Å². The summed E-state index contributed by atoms with van der Waals surface area (Å²) in [5.74, 6) is 1.29. The molecule has 0 spiro atoms. The van der Waals surface area contributed by atoms with Gasteiger partial charge in [0.05, 0.1) is 37.0 Å².